The van der Waals surface area contributed by atoms with Crippen molar-refractivity contribution in [3.05, 3.63) is 65.7 Å². The molecular formula is C21H19NO6. The molecule has 7 heteroatoms. The summed E-state index contributed by atoms with van der Waals surface area (Å²) in [5.74, 6) is -2.60. The zero-order valence-electron chi connectivity index (χ0n) is 15.5. The fraction of sp³-hybridized carbons (Fsp3) is 0.286. The zero-order chi connectivity index (χ0) is 19.9. The highest BCUT2D eigenvalue weighted by atomic mass is 16.6. The molecule has 0 bridgehead atoms. The molecule has 3 atom stereocenters. The zero-order valence-corrected chi connectivity index (χ0v) is 15.5. The molecule has 4 rings (SSSR count). The van der Waals surface area contributed by atoms with Gasteiger partial charge in [0.05, 0.1) is 25.3 Å². The van der Waals surface area contributed by atoms with E-state index in [1.165, 1.54) is 19.1 Å². The van der Waals surface area contributed by atoms with Crippen molar-refractivity contribution in [1.29, 1.82) is 0 Å². The Hall–Kier alpha value is -3.35. The van der Waals surface area contributed by atoms with Gasteiger partial charge >= 0.3 is 18.0 Å². The lowest BCUT2D eigenvalue weighted by atomic mass is 9.68. The van der Waals surface area contributed by atoms with Crippen LogP contribution in [0.4, 0.5) is 10.5 Å². The van der Waals surface area contributed by atoms with Crippen LogP contribution in [0.5, 0.6) is 0 Å². The number of fused-ring (bicyclic) bond motifs is 3. The first kappa shape index (κ1) is 18.0. The number of para-hydroxylation sites is 1. The van der Waals surface area contributed by atoms with Crippen LogP contribution in [0.1, 0.15) is 11.1 Å². The van der Waals surface area contributed by atoms with E-state index in [1.54, 1.807) is 18.2 Å². The number of amides is 1. The number of methoxy groups -OCH3 is 2. The Balaban J connectivity index is 1.96. The number of esters is 2. The molecule has 0 spiro atoms. The van der Waals surface area contributed by atoms with Crippen LogP contribution in [0.2, 0.25) is 0 Å². The van der Waals surface area contributed by atoms with Crippen molar-refractivity contribution >= 4 is 23.7 Å². The highest BCUT2D eigenvalue weighted by Gasteiger charge is 2.69. The van der Waals surface area contributed by atoms with Crippen LogP contribution in [-0.4, -0.2) is 38.5 Å². The molecule has 3 unspecified atom stereocenters. The predicted molar refractivity (Wildman–Crippen MR) is 98.5 cm³/mol. The molecule has 144 valence electrons. The number of anilines is 1. The molecule has 0 saturated carbocycles. The van der Waals surface area contributed by atoms with Gasteiger partial charge in [-0.05, 0) is 23.6 Å². The molecule has 2 heterocycles. The van der Waals surface area contributed by atoms with Crippen LogP contribution in [-0.2, 0) is 35.6 Å². The van der Waals surface area contributed by atoms with E-state index < -0.39 is 35.6 Å². The van der Waals surface area contributed by atoms with E-state index >= 15 is 0 Å². The molecule has 1 fully saturated rings. The second kappa shape index (κ2) is 6.67. The molecular weight excluding hydrogens is 362 g/mol. The van der Waals surface area contributed by atoms with Crippen molar-refractivity contribution in [2.75, 3.05) is 19.1 Å². The minimum absolute atomic E-state index is 0.314. The molecule has 1 saturated heterocycles. The maximum Gasteiger partial charge on any atom is 0.417 e. The summed E-state index contributed by atoms with van der Waals surface area (Å²) in [6.07, 6.45) is -1.35. The number of hydrogen-bond donors (Lipinski definition) is 0. The van der Waals surface area contributed by atoms with Gasteiger partial charge in [-0.3, -0.25) is 9.59 Å². The first-order chi connectivity index (χ1) is 13.5. The van der Waals surface area contributed by atoms with Gasteiger partial charge in [0.1, 0.15) is 0 Å². The van der Waals surface area contributed by atoms with Gasteiger partial charge in [-0.25, -0.2) is 9.69 Å². The number of carbonyl (C=O) groups is 3. The summed E-state index contributed by atoms with van der Waals surface area (Å²) >= 11 is 0. The Morgan fingerprint density at radius 2 is 1.71 bits per heavy atom. The first-order valence-corrected chi connectivity index (χ1v) is 8.83. The monoisotopic (exact) mass is 381 g/mol. The third-order valence-electron chi connectivity index (χ3n) is 5.47. The summed E-state index contributed by atoms with van der Waals surface area (Å²) in [6.45, 7) is 0. The van der Waals surface area contributed by atoms with E-state index in [2.05, 4.69) is 0 Å². The van der Waals surface area contributed by atoms with Crippen LogP contribution < -0.4 is 4.90 Å². The molecule has 2 aliphatic heterocycles. The van der Waals surface area contributed by atoms with E-state index in [0.29, 0.717) is 17.7 Å². The number of rotatable bonds is 3. The maximum atomic E-state index is 12.7. The Morgan fingerprint density at radius 3 is 2.39 bits per heavy atom. The van der Waals surface area contributed by atoms with Gasteiger partial charge in [-0.2, -0.15) is 0 Å². The normalized spacial score (nSPS) is 24.9. The third-order valence-corrected chi connectivity index (χ3v) is 5.47. The lowest BCUT2D eigenvalue weighted by molar-refractivity contribution is -0.155. The van der Waals surface area contributed by atoms with Crippen LogP contribution in [0.3, 0.4) is 0 Å². The lowest BCUT2D eigenvalue weighted by Crippen LogP contribution is -2.50. The molecule has 2 aromatic carbocycles. The molecule has 28 heavy (non-hydrogen) atoms. The molecule has 1 amide bonds. The van der Waals surface area contributed by atoms with Crippen molar-refractivity contribution < 1.29 is 28.6 Å². The molecule has 7 nitrogen and oxygen atoms in total. The van der Waals surface area contributed by atoms with Gasteiger partial charge in [0.15, 0.2) is 12.1 Å². The van der Waals surface area contributed by atoms with Crippen molar-refractivity contribution in [3.63, 3.8) is 0 Å². The molecule has 0 aliphatic carbocycles. The highest BCUT2D eigenvalue weighted by Crippen LogP contribution is 2.56. The molecule has 2 aliphatic rings. The minimum atomic E-state index is -1.20. The van der Waals surface area contributed by atoms with E-state index in [9.17, 15) is 14.4 Å². The second-order valence-electron chi connectivity index (χ2n) is 6.81. The van der Waals surface area contributed by atoms with Crippen LogP contribution >= 0.6 is 0 Å². The van der Waals surface area contributed by atoms with Crippen LogP contribution in [0, 0.1) is 5.92 Å². The number of carbonyl (C=O) groups excluding carboxylic acids is 3. The number of hydrogen-bond acceptors (Lipinski definition) is 6. The standard InChI is InChI=1S/C21H19NO6/c1-26-17(23)16-18(24)28-19-21(16,12-13-8-4-3-5-9-13)14-10-6-7-11-15(14)22(19)20(25)27-2/h3-11,16,19H,12H2,1-2H3. The van der Waals surface area contributed by atoms with E-state index in [0.717, 1.165) is 5.56 Å². The van der Waals surface area contributed by atoms with Gasteiger partial charge in [0, 0.05) is 0 Å². The smallest absolute Gasteiger partial charge is 0.417 e. The van der Waals surface area contributed by atoms with Gasteiger partial charge in [0.25, 0.3) is 0 Å². The Labute approximate surface area is 161 Å². The first-order valence-electron chi connectivity index (χ1n) is 8.83. The van der Waals surface area contributed by atoms with Crippen molar-refractivity contribution in [2.45, 2.75) is 18.1 Å². The summed E-state index contributed by atoms with van der Waals surface area (Å²) in [5.41, 5.74) is 1.02. The highest BCUT2D eigenvalue weighted by molar-refractivity contribution is 6.03. The SMILES string of the molecule is COC(=O)C1C(=O)OC2N(C(=O)OC)c3ccccc3C12Cc1ccccc1. The number of ether oxygens (including phenoxy) is 3. The Morgan fingerprint density at radius 1 is 1.04 bits per heavy atom. The Kier molecular flexibility index (Phi) is 4.30. The van der Waals surface area contributed by atoms with Gasteiger partial charge < -0.3 is 14.2 Å². The molecule has 0 N–H and O–H groups in total. The summed E-state index contributed by atoms with van der Waals surface area (Å²) in [4.78, 5) is 39.3. The summed E-state index contributed by atoms with van der Waals surface area (Å²) in [6, 6.07) is 16.6. The lowest BCUT2D eigenvalue weighted by Gasteiger charge is -2.32. The van der Waals surface area contributed by atoms with Crippen molar-refractivity contribution in [3.8, 4) is 0 Å². The summed E-state index contributed by atoms with van der Waals surface area (Å²) in [5, 5.41) is 0. The third kappa shape index (κ3) is 2.39. The van der Waals surface area contributed by atoms with E-state index in [4.69, 9.17) is 14.2 Å². The number of benzene rings is 2. The largest absolute Gasteiger partial charge is 0.468 e. The fourth-order valence-electron chi connectivity index (χ4n) is 4.35. The topological polar surface area (TPSA) is 82.1 Å². The van der Waals surface area contributed by atoms with Gasteiger partial charge in [-0.15, -0.1) is 0 Å². The quantitative estimate of drug-likeness (QED) is 0.461. The van der Waals surface area contributed by atoms with Crippen LogP contribution in [0.25, 0.3) is 0 Å². The fourth-order valence-corrected chi connectivity index (χ4v) is 4.35. The predicted octanol–water partition coefficient (Wildman–Crippen LogP) is 2.43. The maximum absolute atomic E-state index is 12.7. The molecule has 0 radical (unpaired) electrons. The van der Waals surface area contributed by atoms with Gasteiger partial charge in [-0.1, -0.05) is 48.5 Å². The van der Waals surface area contributed by atoms with Gasteiger partial charge in [0.2, 0.25) is 0 Å². The van der Waals surface area contributed by atoms with E-state index in [-0.39, 0.29) is 0 Å². The number of nitrogens with zero attached hydrogens (tertiary/aromatic N) is 1. The Bertz CT molecular complexity index is 943. The van der Waals surface area contributed by atoms with Crippen molar-refractivity contribution in [2.24, 2.45) is 5.92 Å². The average molecular weight is 381 g/mol. The molecule has 2 aromatic rings. The van der Waals surface area contributed by atoms with Crippen molar-refractivity contribution in [1.82, 2.24) is 0 Å². The molecule has 0 aromatic heterocycles. The summed E-state index contributed by atoms with van der Waals surface area (Å²) in [7, 11) is 2.49. The van der Waals surface area contributed by atoms with E-state index in [1.807, 2.05) is 36.4 Å². The second-order valence-corrected chi connectivity index (χ2v) is 6.81. The summed E-state index contributed by atoms with van der Waals surface area (Å²) < 4.78 is 15.5. The average Bonchev–Trinajstić information content (AvgIpc) is 3.14. The van der Waals surface area contributed by atoms with Crippen LogP contribution in [0.15, 0.2) is 54.6 Å². The minimum Gasteiger partial charge on any atom is -0.468 e.